The van der Waals surface area contributed by atoms with Crippen LogP contribution in [0.4, 0.5) is 0 Å². The van der Waals surface area contributed by atoms with Gasteiger partial charge < -0.3 is 0 Å². The Hall–Kier alpha value is -7.49. The minimum absolute atomic E-state index is 0.0994. The van der Waals surface area contributed by atoms with E-state index < -0.39 is 0 Å². The summed E-state index contributed by atoms with van der Waals surface area (Å²) in [6.45, 7) is 4.73. The fourth-order valence-electron chi connectivity index (χ4n) is 9.26. The van der Waals surface area contributed by atoms with Crippen LogP contribution in [0.2, 0.25) is 0 Å². The van der Waals surface area contributed by atoms with Gasteiger partial charge in [0.2, 0.25) is 0 Å². The van der Waals surface area contributed by atoms with Crippen LogP contribution in [0.25, 0.3) is 100.0 Å². The van der Waals surface area contributed by atoms with E-state index >= 15 is 0 Å². The summed E-state index contributed by atoms with van der Waals surface area (Å²) in [6.07, 6.45) is 3.70. The normalized spacial score (nSPS) is 12.7. The van der Waals surface area contributed by atoms with Crippen LogP contribution in [-0.4, -0.2) is 15.0 Å². The number of nitrogens with zero attached hydrogens (tertiary/aromatic N) is 3. The number of pyridine rings is 1. The highest BCUT2D eigenvalue weighted by Gasteiger charge is 2.37. The van der Waals surface area contributed by atoms with Crippen LogP contribution in [-0.2, 0) is 5.41 Å². The van der Waals surface area contributed by atoms with Crippen molar-refractivity contribution in [2.24, 2.45) is 0 Å². The molecule has 0 radical (unpaired) electrons. The predicted molar refractivity (Wildman–Crippen MR) is 245 cm³/mol. The number of fused-ring (bicyclic) bond motifs is 6. The SMILES string of the molecule is CC1(C)c2cccc(-c3cccc(-c4ccc(-c5cc(-c6cccc(-c7cccnc7)c6)nc(-c6ccccc6)n5)c5ccccc45)c3)c2-c2c1ccc1ccccc21. The van der Waals surface area contributed by atoms with Crippen molar-refractivity contribution < 1.29 is 0 Å². The summed E-state index contributed by atoms with van der Waals surface area (Å²) in [5.74, 6) is 0.693. The van der Waals surface area contributed by atoms with Gasteiger partial charge in [-0.3, -0.25) is 4.98 Å². The molecule has 0 spiro atoms. The molecule has 3 nitrogen and oxygen atoms in total. The fraction of sp³-hybridized carbons (Fsp3) is 0.0536. The van der Waals surface area contributed by atoms with E-state index in [0.29, 0.717) is 5.82 Å². The number of hydrogen-bond acceptors (Lipinski definition) is 3. The van der Waals surface area contributed by atoms with Crippen molar-refractivity contribution in [2.45, 2.75) is 19.3 Å². The van der Waals surface area contributed by atoms with Gasteiger partial charge in [-0.1, -0.05) is 178 Å². The van der Waals surface area contributed by atoms with Crippen LogP contribution in [0, 0.1) is 0 Å². The molecule has 11 rings (SSSR count). The molecule has 8 aromatic carbocycles. The van der Waals surface area contributed by atoms with Gasteiger partial charge in [-0.15, -0.1) is 0 Å². The van der Waals surface area contributed by atoms with Gasteiger partial charge in [0, 0.05) is 40.1 Å². The Balaban J connectivity index is 1.05. The summed E-state index contributed by atoms with van der Waals surface area (Å²) in [6, 6.07) is 67.6. The van der Waals surface area contributed by atoms with Crippen molar-refractivity contribution in [3.05, 3.63) is 212 Å². The minimum atomic E-state index is -0.0994. The third-order valence-corrected chi connectivity index (χ3v) is 12.2. The molecule has 2 heterocycles. The lowest BCUT2D eigenvalue weighted by atomic mass is 9.81. The van der Waals surface area contributed by atoms with Crippen molar-refractivity contribution in [3.63, 3.8) is 0 Å². The molecule has 0 atom stereocenters. The largest absolute Gasteiger partial charge is 0.264 e. The highest BCUT2D eigenvalue weighted by molar-refractivity contribution is 6.08. The van der Waals surface area contributed by atoms with Gasteiger partial charge in [0.1, 0.15) is 0 Å². The molecule has 0 saturated carbocycles. The first-order chi connectivity index (χ1) is 29.0. The molecule has 0 bridgehead atoms. The average molecular weight is 754 g/mol. The maximum atomic E-state index is 5.25. The first kappa shape index (κ1) is 34.7. The van der Waals surface area contributed by atoms with Crippen LogP contribution < -0.4 is 0 Å². The zero-order chi connectivity index (χ0) is 39.5. The minimum Gasteiger partial charge on any atom is -0.264 e. The Bertz CT molecular complexity index is 3240. The van der Waals surface area contributed by atoms with E-state index in [2.05, 4.69) is 183 Å². The molecule has 0 amide bonds. The van der Waals surface area contributed by atoms with Gasteiger partial charge in [0.05, 0.1) is 11.4 Å². The predicted octanol–water partition coefficient (Wildman–Crippen LogP) is 14.5. The Morgan fingerprint density at radius 1 is 0.373 bits per heavy atom. The highest BCUT2D eigenvalue weighted by atomic mass is 14.9. The molecular weight excluding hydrogens is 715 g/mol. The van der Waals surface area contributed by atoms with Crippen molar-refractivity contribution in [1.82, 2.24) is 15.0 Å². The van der Waals surface area contributed by atoms with E-state index in [1.54, 1.807) is 6.20 Å². The van der Waals surface area contributed by atoms with Gasteiger partial charge in [0.25, 0.3) is 0 Å². The maximum absolute atomic E-state index is 5.25. The first-order valence-electron chi connectivity index (χ1n) is 20.3. The summed E-state index contributed by atoms with van der Waals surface area (Å²) < 4.78 is 0. The van der Waals surface area contributed by atoms with E-state index in [1.807, 2.05) is 30.5 Å². The summed E-state index contributed by atoms with van der Waals surface area (Å²) in [5.41, 5.74) is 17.2. The smallest absolute Gasteiger partial charge is 0.160 e. The van der Waals surface area contributed by atoms with Gasteiger partial charge in [-0.25, -0.2) is 9.97 Å². The number of hydrogen-bond donors (Lipinski definition) is 0. The average Bonchev–Trinajstić information content (AvgIpc) is 3.55. The van der Waals surface area contributed by atoms with Crippen LogP contribution in [0.15, 0.2) is 200 Å². The maximum Gasteiger partial charge on any atom is 0.160 e. The van der Waals surface area contributed by atoms with Crippen molar-refractivity contribution in [2.75, 3.05) is 0 Å². The van der Waals surface area contributed by atoms with E-state index in [1.165, 1.54) is 60.7 Å². The third-order valence-electron chi connectivity index (χ3n) is 12.2. The van der Waals surface area contributed by atoms with E-state index in [4.69, 9.17) is 9.97 Å². The molecular formula is C56H39N3. The lowest BCUT2D eigenvalue weighted by Crippen LogP contribution is -2.14. The second kappa shape index (κ2) is 13.9. The third kappa shape index (κ3) is 5.85. The standard InChI is InChI=1S/C56H39N3/c1-56(2)49-26-12-25-45(54(49)53-44-22-7-6-14-36(44)27-30-50(53)56)40-19-11-18-39(33-40)43-28-29-48(47-24-9-8-23-46(43)47)52-34-51(58-55(59-52)37-15-4-3-5-16-37)41-20-10-17-38(32-41)42-21-13-31-57-35-42/h3-35H,1-2H3. The molecule has 0 fully saturated rings. The van der Waals surface area contributed by atoms with Crippen LogP contribution in [0.3, 0.4) is 0 Å². The van der Waals surface area contributed by atoms with Crippen molar-refractivity contribution >= 4 is 21.5 Å². The van der Waals surface area contributed by atoms with Crippen LogP contribution in [0.5, 0.6) is 0 Å². The molecule has 1 aliphatic rings. The molecule has 0 saturated heterocycles. The lowest BCUT2D eigenvalue weighted by Gasteiger charge is -2.21. The number of rotatable bonds is 6. The summed E-state index contributed by atoms with van der Waals surface area (Å²) >= 11 is 0. The van der Waals surface area contributed by atoms with E-state index in [9.17, 15) is 0 Å². The Morgan fingerprint density at radius 2 is 0.983 bits per heavy atom. The number of aromatic nitrogens is 3. The number of benzene rings is 8. The summed E-state index contributed by atoms with van der Waals surface area (Å²) in [4.78, 5) is 14.8. The Labute approximate surface area is 344 Å². The molecule has 0 aliphatic heterocycles. The lowest BCUT2D eigenvalue weighted by molar-refractivity contribution is 0.661. The molecule has 59 heavy (non-hydrogen) atoms. The molecule has 0 N–H and O–H groups in total. The molecule has 2 aromatic heterocycles. The zero-order valence-corrected chi connectivity index (χ0v) is 32.9. The molecule has 278 valence electrons. The van der Waals surface area contributed by atoms with Crippen molar-refractivity contribution in [3.8, 4) is 78.4 Å². The topological polar surface area (TPSA) is 38.7 Å². The monoisotopic (exact) mass is 753 g/mol. The van der Waals surface area contributed by atoms with Crippen LogP contribution in [0.1, 0.15) is 25.0 Å². The quantitative estimate of drug-likeness (QED) is 0.170. The van der Waals surface area contributed by atoms with Crippen LogP contribution >= 0.6 is 0 Å². The van der Waals surface area contributed by atoms with E-state index in [0.717, 1.165) is 44.6 Å². The molecule has 3 heteroatoms. The second-order valence-corrected chi connectivity index (χ2v) is 16.0. The van der Waals surface area contributed by atoms with Gasteiger partial charge in [-0.2, -0.15) is 0 Å². The van der Waals surface area contributed by atoms with Crippen molar-refractivity contribution in [1.29, 1.82) is 0 Å². The van der Waals surface area contributed by atoms with Gasteiger partial charge >= 0.3 is 0 Å². The summed E-state index contributed by atoms with van der Waals surface area (Å²) in [7, 11) is 0. The van der Waals surface area contributed by atoms with E-state index in [-0.39, 0.29) is 5.41 Å². The molecule has 10 aromatic rings. The van der Waals surface area contributed by atoms with Gasteiger partial charge in [0.15, 0.2) is 5.82 Å². The van der Waals surface area contributed by atoms with Gasteiger partial charge in [-0.05, 0) is 95.9 Å². The Morgan fingerprint density at radius 3 is 1.80 bits per heavy atom. The first-order valence-corrected chi connectivity index (χ1v) is 20.3. The molecule has 0 unspecified atom stereocenters. The Kier molecular flexibility index (Phi) is 8.16. The summed E-state index contributed by atoms with van der Waals surface area (Å²) in [5, 5.41) is 4.91. The zero-order valence-electron chi connectivity index (χ0n) is 32.9. The second-order valence-electron chi connectivity index (χ2n) is 16.0. The highest BCUT2D eigenvalue weighted by Crippen LogP contribution is 2.54. The fourth-order valence-corrected chi connectivity index (χ4v) is 9.26. The molecule has 1 aliphatic carbocycles.